The Kier molecular flexibility index (Phi) is 8.36. The van der Waals surface area contributed by atoms with Gasteiger partial charge in [-0.05, 0) is 105 Å². The molecule has 6 aliphatic rings. The molecule has 1 amide bonds. The fraction of sp³-hybridized carbons (Fsp3) is 0.744. The molecule has 10 atom stereocenters. The summed E-state index contributed by atoms with van der Waals surface area (Å²) in [4.78, 5) is 27.7. The summed E-state index contributed by atoms with van der Waals surface area (Å²) in [6.45, 7) is 12.6. The van der Waals surface area contributed by atoms with Crippen molar-refractivity contribution in [2.24, 2.45) is 40.9 Å². The third-order valence-electron chi connectivity index (χ3n) is 13.9. The van der Waals surface area contributed by atoms with Crippen LogP contribution in [0.3, 0.4) is 0 Å². The number of benzene rings is 1. The molecule has 44 heavy (non-hydrogen) atoms. The zero-order valence-corrected chi connectivity index (χ0v) is 27.8. The molecule has 4 aliphatic carbocycles. The van der Waals surface area contributed by atoms with Gasteiger partial charge in [0.25, 0.3) is 0 Å². The highest BCUT2D eigenvalue weighted by Gasteiger charge is 2.60. The molecule has 1 aromatic rings. The molecular formula is C39H56N2O3. The maximum atomic E-state index is 12.7. The quantitative estimate of drug-likeness (QED) is 0.353. The standard InChI is InChI=1S/C39H56N2O3/c1-25-20-35-37(41(24-25)19-18-40-36(43)13-10-28-8-6-5-7-9-28)27(3)39(44-35)17-15-31-32-12-11-29-21-30(42)14-16-38(29,4)34(32)22-33(31)26(2)23-39/h5-9,25,27,29,31-32,34-35,37H,10-24H2,1-4H3,(H,40,43)/t25-,27+,29+,31-,32-,34-,35+,37-,38-,39?/m0/s1. The highest BCUT2D eigenvalue weighted by molar-refractivity contribution is 5.79. The smallest absolute Gasteiger partial charge is 0.220 e. The number of allylic oxidation sites excluding steroid dienone is 1. The Bertz CT molecular complexity index is 1280. The van der Waals surface area contributed by atoms with Crippen molar-refractivity contribution >= 4 is 11.7 Å². The molecule has 7 rings (SSSR count). The van der Waals surface area contributed by atoms with Crippen LogP contribution in [0.2, 0.25) is 0 Å². The Balaban J connectivity index is 1.02. The molecule has 2 heterocycles. The monoisotopic (exact) mass is 600 g/mol. The number of ketones is 1. The first-order valence-electron chi connectivity index (χ1n) is 18.1. The molecule has 3 saturated carbocycles. The van der Waals surface area contributed by atoms with Crippen molar-refractivity contribution in [3.63, 3.8) is 0 Å². The Morgan fingerprint density at radius 3 is 2.73 bits per heavy atom. The number of nitrogens with one attached hydrogen (secondary N) is 1. The van der Waals surface area contributed by atoms with Crippen molar-refractivity contribution in [1.82, 2.24) is 10.2 Å². The van der Waals surface area contributed by atoms with Gasteiger partial charge in [0.2, 0.25) is 5.91 Å². The second-order valence-electron chi connectivity index (χ2n) is 16.3. The van der Waals surface area contributed by atoms with E-state index in [-0.39, 0.29) is 11.5 Å². The minimum Gasteiger partial charge on any atom is -0.369 e. The molecule has 1 spiro atoms. The first-order valence-corrected chi connectivity index (χ1v) is 18.1. The van der Waals surface area contributed by atoms with Gasteiger partial charge in [0.1, 0.15) is 5.78 Å². The molecule has 0 radical (unpaired) electrons. The minimum absolute atomic E-state index is 0.0636. The second-order valence-corrected chi connectivity index (χ2v) is 16.3. The number of rotatable bonds is 6. The summed E-state index contributed by atoms with van der Waals surface area (Å²) in [5.74, 6) is 4.65. The third-order valence-corrected chi connectivity index (χ3v) is 13.9. The number of fused-ring (bicyclic) bond motifs is 6. The van der Waals surface area contributed by atoms with Crippen LogP contribution in [0.25, 0.3) is 0 Å². The first kappa shape index (κ1) is 30.7. The molecule has 1 aromatic carbocycles. The average Bonchev–Trinajstić information content (AvgIpc) is 3.47. The normalized spacial score (nSPS) is 42.0. The van der Waals surface area contributed by atoms with E-state index in [1.54, 1.807) is 11.1 Å². The van der Waals surface area contributed by atoms with E-state index in [1.807, 2.05) is 18.2 Å². The Morgan fingerprint density at radius 1 is 1.09 bits per heavy atom. The summed E-state index contributed by atoms with van der Waals surface area (Å²) in [5, 5.41) is 3.23. The molecule has 0 bridgehead atoms. The van der Waals surface area contributed by atoms with Crippen LogP contribution in [0.5, 0.6) is 0 Å². The summed E-state index contributed by atoms with van der Waals surface area (Å²) in [7, 11) is 0. The summed E-state index contributed by atoms with van der Waals surface area (Å²) >= 11 is 0. The lowest BCUT2D eigenvalue weighted by molar-refractivity contribution is -0.130. The largest absolute Gasteiger partial charge is 0.369 e. The van der Waals surface area contributed by atoms with Gasteiger partial charge in [-0.1, -0.05) is 62.2 Å². The van der Waals surface area contributed by atoms with Gasteiger partial charge >= 0.3 is 0 Å². The summed E-state index contributed by atoms with van der Waals surface area (Å²) in [6.07, 6.45) is 12.9. The van der Waals surface area contributed by atoms with Gasteiger partial charge in [0.15, 0.2) is 0 Å². The lowest BCUT2D eigenvalue weighted by Crippen LogP contribution is -2.53. The van der Waals surface area contributed by atoms with E-state index in [0.717, 1.165) is 63.5 Å². The van der Waals surface area contributed by atoms with Gasteiger partial charge in [0.05, 0.1) is 11.7 Å². The lowest BCUT2D eigenvalue weighted by Gasteiger charge is -2.52. The van der Waals surface area contributed by atoms with Crippen molar-refractivity contribution in [3.05, 3.63) is 47.0 Å². The highest BCUT2D eigenvalue weighted by atomic mass is 16.5. The van der Waals surface area contributed by atoms with Gasteiger partial charge in [-0.25, -0.2) is 0 Å². The van der Waals surface area contributed by atoms with E-state index < -0.39 is 0 Å². The number of hydrogen-bond acceptors (Lipinski definition) is 4. The fourth-order valence-electron chi connectivity index (χ4n) is 11.6. The van der Waals surface area contributed by atoms with Crippen molar-refractivity contribution in [2.45, 2.75) is 122 Å². The van der Waals surface area contributed by atoms with Gasteiger partial charge in [0, 0.05) is 50.9 Å². The highest BCUT2D eigenvalue weighted by Crippen LogP contribution is 2.65. The van der Waals surface area contributed by atoms with E-state index in [4.69, 9.17) is 4.74 Å². The number of piperidine rings is 1. The van der Waals surface area contributed by atoms with Crippen LogP contribution in [0.15, 0.2) is 41.5 Å². The van der Waals surface area contributed by atoms with Crippen molar-refractivity contribution in [3.8, 4) is 0 Å². The number of nitrogens with zero attached hydrogens (tertiary/aromatic N) is 1. The number of ether oxygens (including phenoxy) is 1. The number of carbonyl (C=O) groups excluding carboxylic acids is 2. The molecule has 1 N–H and O–H groups in total. The van der Waals surface area contributed by atoms with E-state index in [9.17, 15) is 9.59 Å². The molecule has 2 aliphatic heterocycles. The summed E-state index contributed by atoms with van der Waals surface area (Å²) in [6, 6.07) is 10.7. The van der Waals surface area contributed by atoms with Crippen LogP contribution in [-0.2, 0) is 20.7 Å². The van der Waals surface area contributed by atoms with Crippen LogP contribution in [-0.4, -0.2) is 54.0 Å². The Hall–Kier alpha value is -1.98. The molecule has 5 fully saturated rings. The lowest BCUT2D eigenvalue weighted by atomic mass is 9.52. The molecule has 5 heteroatoms. The zero-order chi connectivity index (χ0) is 30.6. The van der Waals surface area contributed by atoms with Crippen molar-refractivity contribution in [1.29, 1.82) is 0 Å². The van der Waals surface area contributed by atoms with Gasteiger partial charge in [-0.3, -0.25) is 14.5 Å². The number of carbonyl (C=O) groups is 2. The predicted molar refractivity (Wildman–Crippen MR) is 175 cm³/mol. The van der Waals surface area contributed by atoms with Crippen LogP contribution < -0.4 is 5.32 Å². The maximum absolute atomic E-state index is 12.7. The topological polar surface area (TPSA) is 58.6 Å². The number of hydrogen-bond donors (Lipinski definition) is 1. The minimum atomic E-state index is -0.0636. The summed E-state index contributed by atoms with van der Waals surface area (Å²) in [5.41, 5.74) is 4.92. The number of Topliss-reactive ketones (excluding diaryl/α,β-unsaturated/α-hetero) is 1. The van der Waals surface area contributed by atoms with Crippen LogP contribution in [0, 0.1) is 40.9 Å². The fourth-order valence-corrected chi connectivity index (χ4v) is 11.6. The molecule has 5 nitrogen and oxygen atoms in total. The van der Waals surface area contributed by atoms with E-state index in [2.05, 4.69) is 50.0 Å². The SMILES string of the molecule is CC1=C2C[C@H]3[C@@H](CC[C@@H]4CC(=O)CC[C@@]43C)[C@@H]2CCC2(C1)O[C@@H]1C[C@H](C)CN(CCNC(=O)CCc3ccccc3)[C@H]1[C@H]2C. The van der Waals surface area contributed by atoms with Crippen molar-refractivity contribution < 1.29 is 14.3 Å². The van der Waals surface area contributed by atoms with E-state index >= 15 is 0 Å². The Morgan fingerprint density at radius 2 is 1.91 bits per heavy atom. The molecular weight excluding hydrogens is 544 g/mol. The van der Waals surface area contributed by atoms with Gasteiger partial charge in [-0.2, -0.15) is 0 Å². The molecule has 2 saturated heterocycles. The molecule has 240 valence electrons. The van der Waals surface area contributed by atoms with Crippen LogP contribution >= 0.6 is 0 Å². The Labute approximate surface area is 265 Å². The zero-order valence-electron chi connectivity index (χ0n) is 27.8. The van der Waals surface area contributed by atoms with Crippen LogP contribution in [0.4, 0.5) is 0 Å². The number of amides is 1. The van der Waals surface area contributed by atoms with Gasteiger partial charge < -0.3 is 10.1 Å². The maximum Gasteiger partial charge on any atom is 0.220 e. The molecule has 0 aromatic heterocycles. The van der Waals surface area contributed by atoms with Crippen LogP contribution in [0.1, 0.15) is 104 Å². The number of likely N-dealkylation sites (tertiary alicyclic amines) is 1. The second kappa shape index (κ2) is 12.0. The molecule has 1 unspecified atom stereocenters. The van der Waals surface area contributed by atoms with Gasteiger partial charge in [-0.15, -0.1) is 0 Å². The third kappa shape index (κ3) is 5.42. The first-order chi connectivity index (χ1) is 21.2. The van der Waals surface area contributed by atoms with E-state index in [1.165, 1.54) is 37.7 Å². The summed E-state index contributed by atoms with van der Waals surface area (Å²) < 4.78 is 7.29. The predicted octanol–water partition coefficient (Wildman–Crippen LogP) is 7.14. The average molecular weight is 601 g/mol. The number of aryl methyl sites for hydroxylation is 1. The van der Waals surface area contributed by atoms with Crippen molar-refractivity contribution in [2.75, 3.05) is 19.6 Å². The van der Waals surface area contributed by atoms with E-state index in [0.29, 0.717) is 60.0 Å².